The van der Waals surface area contributed by atoms with Gasteiger partial charge in [0.05, 0.1) is 11.3 Å². The molecule has 1 aromatic rings. The summed E-state index contributed by atoms with van der Waals surface area (Å²) in [5.41, 5.74) is -0.165. The van der Waals surface area contributed by atoms with Crippen LogP contribution in [-0.2, 0) is 10.0 Å². The van der Waals surface area contributed by atoms with Crippen LogP contribution in [0.3, 0.4) is 0 Å². The lowest BCUT2D eigenvalue weighted by atomic mass is 10.3. The van der Waals surface area contributed by atoms with E-state index in [2.05, 4.69) is 5.32 Å². The zero-order valence-corrected chi connectivity index (χ0v) is 9.36. The quantitative estimate of drug-likeness (QED) is 0.621. The second-order valence-electron chi connectivity index (χ2n) is 3.13. The van der Waals surface area contributed by atoms with Crippen LogP contribution in [0, 0.1) is 0 Å². The molecule has 0 radical (unpaired) electrons. The first-order chi connectivity index (χ1) is 7.79. The topological polar surface area (TPSA) is 140 Å². The highest BCUT2D eigenvalue weighted by Gasteiger charge is 2.14. The number of primary sulfonamides is 1. The molecule has 17 heavy (non-hydrogen) atoms. The average molecular weight is 262 g/mol. The summed E-state index contributed by atoms with van der Waals surface area (Å²) >= 11 is 0. The molecule has 0 unspecified atom stereocenters. The third-order valence-electron chi connectivity index (χ3n) is 1.74. The van der Waals surface area contributed by atoms with Crippen LogP contribution in [0.25, 0.3) is 0 Å². The Bertz CT molecular complexity index is 532. The van der Waals surface area contributed by atoms with Crippen LogP contribution >= 0.6 is 0 Å². The van der Waals surface area contributed by atoms with Crippen molar-refractivity contribution in [3.05, 3.63) is 23.7 Å². The Labute approximate surface area is 96.5 Å². The molecule has 0 spiro atoms. The highest BCUT2D eigenvalue weighted by atomic mass is 32.2. The Kier molecular flexibility index (Phi) is 3.86. The second kappa shape index (κ2) is 4.97. The molecule has 0 fully saturated rings. The van der Waals surface area contributed by atoms with Gasteiger partial charge in [-0.2, -0.15) is 0 Å². The minimum Gasteiger partial charge on any atom is -0.478 e. The van der Waals surface area contributed by atoms with Crippen molar-refractivity contribution in [2.75, 3.05) is 12.3 Å². The van der Waals surface area contributed by atoms with Crippen molar-refractivity contribution < 1.29 is 27.5 Å². The molecular formula is C8H10N2O6S. The minimum atomic E-state index is -3.65. The fourth-order valence-corrected chi connectivity index (χ4v) is 1.35. The smallest absolute Gasteiger partial charge is 0.338 e. The molecule has 1 heterocycles. The van der Waals surface area contributed by atoms with Crippen molar-refractivity contribution in [2.24, 2.45) is 5.14 Å². The average Bonchev–Trinajstić information content (AvgIpc) is 2.63. The van der Waals surface area contributed by atoms with E-state index in [9.17, 15) is 18.0 Å². The van der Waals surface area contributed by atoms with E-state index < -0.39 is 27.7 Å². The Hall–Kier alpha value is -1.87. The van der Waals surface area contributed by atoms with Crippen LogP contribution in [0.4, 0.5) is 0 Å². The van der Waals surface area contributed by atoms with Crippen molar-refractivity contribution in [1.82, 2.24) is 5.32 Å². The van der Waals surface area contributed by atoms with Crippen LogP contribution < -0.4 is 10.5 Å². The van der Waals surface area contributed by atoms with Crippen molar-refractivity contribution >= 4 is 21.9 Å². The van der Waals surface area contributed by atoms with Crippen LogP contribution in [0.2, 0.25) is 0 Å². The molecular weight excluding hydrogens is 252 g/mol. The molecule has 4 N–H and O–H groups in total. The maximum absolute atomic E-state index is 11.3. The molecule has 1 amide bonds. The number of nitrogens with two attached hydrogens (primary N) is 1. The van der Waals surface area contributed by atoms with Gasteiger partial charge >= 0.3 is 5.97 Å². The molecule has 9 heteroatoms. The van der Waals surface area contributed by atoms with Crippen LogP contribution in [0.1, 0.15) is 20.9 Å². The summed E-state index contributed by atoms with van der Waals surface area (Å²) in [6.07, 6.45) is 0.914. The van der Waals surface area contributed by atoms with Crippen molar-refractivity contribution in [3.63, 3.8) is 0 Å². The summed E-state index contributed by atoms with van der Waals surface area (Å²) < 4.78 is 25.8. The van der Waals surface area contributed by atoms with E-state index in [0.29, 0.717) is 0 Å². The lowest BCUT2D eigenvalue weighted by molar-refractivity contribution is 0.0695. The van der Waals surface area contributed by atoms with E-state index in [1.807, 2.05) is 0 Å². The van der Waals surface area contributed by atoms with Crippen LogP contribution in [0.15, 0.2) is 16.7 Å². The monoisotopic (exact) mass is 262 g/mol. The molecule has 0 saturated carbocycles. The van der Waals surface area contributed by atoms with Gasteiger partial charge in [0, 0.05) is 12.6 Å². The van der Waals surface area contributed by atoms with E-state index in [1.165, 1.54) is 0 Å². The summed E-state index contributed by atoms with van der Waals surface area (Å²) in [6, 6.07) is 1.04. The highest BCUT2D eigenvalue weighted by Crippen LogP contribution is 2.07. The largest absolute Gasteiger partial charge is 0.478 e. The van der Waals surface area contributed by atoms with Gasteiger partial charge in [0.25, 0.3) is 5.91 Å². The van der Waals surface area contributed by atoms with E-state index in [4.69, 9.17) is 14.7 Å². The number of aromatic carboxylic acids is 1. The Morgan fingerprint density at radius 1 is 1.47 bits per heavy atom. The molecule has 0 aromatic carbocycles. The molecule has 0 bridgehead atoms. The predicted octanol–water partition coefficient (Wildman–Crippen LogP) is -1.00. The van der Waals surface area contributed by atoms with Gasteiger partial charge in [-0.3, -0.25) is 4.79 Å². The minimum absolute atomic E-state index is 0.165. The first-order valence-corrected chi connectivity index (χ1v) is 6.11. The van der Waals surface area contributed by atoms with Gasteiger partial charge < -0.3 is 14.8 Å². The normalized spacial score (nSPS) is 11.1. The molecule has 0 atom stereocenters. The summed E-state index contributed by atoms with van der Waals surface area (Å²) in [6.45, 7) is -0.180. The number of carbonyl (C=O) groups excluding carboxylic acids is 1. The fourth-order valence-electron chi connectivity index (χ4n) is 0.961. The molecule has 1 aromatic heterocycles. The zero-order valence-electron chi connectivity index (χ0n) is 8.54. The predicted molar refractivity (Wildman–Crippen MR) is 56.0 cm³/mol. The van der Waals surface area contributed by atoms with Gasteiger partial charge in [-0.1, -0.05) is 0 Å². The van der Waals surface area contributed by atoms with E-state index in [-0.39, 0.29) is 17.9 Å². The number of hydrogen-bond donors (Lipinski definition) is 3. The first kappa shape index (κ1) is 13.2. The lowest BCUT2D eigenvalue weighted by Gasteiger charge is -2.00. The van der Waals surface area contributed by atoms with Gasteiger partial charge in [0.15, 0.2) is 5.76 Å². The highest BCUT2D eigenvalue weighted by molar-refractivity contribution is 7.89. The summed E-state index contributed by atoms with van der Waals surface area (Å²) in [7, 11) is -3.65. The summed E-state index contributed by atoms with van der Waals surface area (Å²) in [5, 5.41) is 15.5. The maximum Gasteiger partial charge on any atom is 0.338 e. The number of carbonyl (C=O) groups is 2. The van der Waals surface area contributed by atoms with E-state index in [1.54, 1.807) is 0 Å². The van der Waals surface area contributed by atoms with Gasteiger partial charge in [0.2, 0.25) is 10.0 Å². The van der Waals surface area contributed by atoms with Gasteiger partial charge in [0.1, 0.15) is 6.26 Å². The standard InChI is InChI=1S/C8H10N2O6S/c9-17(14,15)2-1-10-7(11)6-3-5(4-16-6)8(12)13/h3-4H,1-2H2,(H,10,11)(H,12,13)(H2,9,14,15). The zero-order chi connectivity index (χ0) is 13.1. The van der Waals surface area contributed by atoms with Crippen molar-refractivity contribution in [2.45, 2.75) is 0 Å². The van der Waals surface area contributed by atoms with Crippen molar-refractivity contribution in [3.8, 4) is 0 Å². The maximum atomic E-state index is 11.3. The number of furan rings is 1. The Morgan fingerprint density at radius 3 is 2.59 bits per heavy atom. The number of hydrogen-bond acceptors (Lipinski definition) is 5. The molecule has 8 nitrogen and oxygen atoms in total. The first-order valence-electron chi connectivity index (χ1n) is 4.40. The number of amides is 1. The number of rotatable bonds is 5. The fraction of sp³-hybridized carbons (Fsp3) is 0.250. The number of nitrogens with one attached hydrogen (secondary N) is 1. The summed E-state index contributed by atoms with van der Waals surface area (Å²) in [5.74, 6) is -2.55. The molecule has 1 rings (SSSR count). The van der Waals surface area contributed by atoms with Crippen LogP contribution in [0.5, 0.6) is 0 Å². The van der Waals surface area contributed by atoms with Gasteiger partial charge in [-0.25, -0.2) is 18.4 Å². The Balaban J connectivity index is 2.55. The van der Waals surface area contributed by atoms with Crippen molar-refractivity contribution in [1.29, 1.82) is 0 Å². The number of carboxylic acid groups (broad SMARTS) is 1. The van der Waals surface area contributed by atoms with E-state index in [0.717, 1.165) is 12.3 Å². The second-order valence-corrected chi connectivity index (χ2v) is 4.86. The molecule has 0 saturated heterocycles. The SMILES string of the molecule is NS(=O)(=O)CCNC(=O)c1cc(C(=O)O)co1. The van der Waals surface area contributed by atoms with Crippen LogP contribution in [-0.4, -0.2) is 37.7 Å². The summed E-state index contributed by atoms with van der Waals surface area (Å²) in [4.78, 5) is 21.8. The van der Waals surface area contributed by atoms with E-state index >= 15 is 0 Å². The van der Waals surface area contributed by atoms with Gasteiger partial charge in [-0.05, 0) is 0 Å². The Morgan fingerprint density at radius 2 is 2.12 bits per heavy atom. The molecule has 0 aliphatic heterocycles. The van der Waals surface area contributed by atoms with Gasteiger partial charge in [-0.15, -0.1) is 0 Å². The molecule has 0 aliphatic rings. The molecule has 0 aliphatic carbocycles. The number of sulfonamides is 1. The third kappa shape index (κ3) is 4.25. The number of carboxylic acids is 1. The third-order valence-corrected chi connectivity index (χ3v) is 2.52. The molecule has 94 valence electrons. The lowest BCUT2D eigenvalue weighted by Crippen LogP contribution is -2.31.